The van der Waals surface area contributed by atoms with Crippen LogP contribution in [-0.2, 0) is 0 Å². The molecule has 4 heteroatoms. The molecule has 0 saturated carbocycles. The van der Waals surface area contributed by atoms with E-state index in [1.165, 1.54) is 25.9 Å². The molecule has 1 aromatic heterocycles. The lowest BCUT2D eigenvalue weighted by molar-refractivity contribution is 0.0533. The number of furan rings is 1. The van der Waals surface area contributed by atoms with Gasteiger partial charge in [0.15, 0.2) is 0 Å². The van der Waals surface area contributed by atoms with E-state index in [0.29, 0.717) is 0 Å². The molecule has 1 aliphatic heterocycles. The van der Waals surface area contributed by atoms with Crippen molar-refractivity contribution >= 4 is 15.9 Å². The molecule has 1 saturated heterocycles. The van der Waals surface area contributed by atoms with Gasteiger partial charge in [0.2, 0.25) is 0 Å². The van der Waals surface area contributed by atoms with Crippen LogP contribution in [0.25, 0.3) is 0 Å². The van der Waals surface area contributed by atoms with Gasteiger partial charge in [-0.15, -0.1) is 0 Å². The van der Waals surface area contributed by atoms with E-state index < -0.39 is 0 Å². The highest BCUT2D eigenvalue weighted by molar-refractivity contribution is 9.10. The molecule has 0 aromatic carbocycles. The maximum absolute atomic E-state index is 5.81. The fourth-order valence-electron chi connectivity index (χ4n) is 3.69. The SMILES string of the molecule is CCNC(c1occc1Br)C(CC)(CC)N1CCCC1. The third-order valence-electron chi connectivity index (χ3n) is 4.81. The smallest absolute Gasteiger partial charge is 0.136 e. The molecule has 20 heavy (non-hydrogen) atoms. The van der Waals surface area contributed by atoms with Crippen LogP contribution in [0.3, 0.4) is 0 Å². The van der Waals surface area contributed by atoms with E-state index in [1.54, 1.807) is 6.26 Å². The average molecular weight is 343 g/mol. The summed E-state index contributed by atoms with van der Waals surface area (Å²) in [6.07, 6.45) is 6.69. The first kappa shape index (κ1) is 16.1. The third kappa shape index (κ3) is 2.83. The van der Waals surface area contributed by atoms with Crippen molar-refractivity contribution in [3.63, 3.8) is 0 Å². The molecule has 114 valence electrons. The molecule has 0 bridgehead atoms. The summed E-state index contributed by atoms with van der Waals surface area (Å²) in [5, 5.41) is 3.68. The first-order chi connectivity index (χ1) is 9.69. The molecule has 1 N–H and O–H groups in total. The van der Waals surface area contributed by atoms with Crippen LogP contribution in [0.4, 0.5) is 0 Å². The standard InChI is InChI=1S/C16H27BrN2O/c1-4-16(5-2,19-10-7-8-11-19)15(18-6-3)14-13(17)9-12-20-14/h9,12,15,18H,4-8,10-11H2,1-3H3. The highest BCUT2D eigenvalue weighted by atomic mass is 79.9. The lowest BCUT2D eigenvalue weighted by Crippen LogP contribution is -2.55. The zero-order chi connectivity index (χ0) is 14.6. The molecular weight excluding hydrogens is 316 g/mol. The van der Waals surface area contributed by atoms with E-state index in [4.69, 9.17) is 4.42 Å². The van der Waals surface area contributed by atoms with E-state index in [1.807, 2.05) is 6.07 Å². The molecule has 1 aliphatic rings. The van der Waals surface area contributed by atoms with Crippen LogP contribution in [0.15, 0.2) is 21.2 Å². The van der Waals surface area contributed by atoms with Crippen molar-refractivity contribution < 1.29 is 4.42 Å². The van der Waals surface area contributed by atoms with Gasteiger partial charge in [-0.2, -0.15) is 0 Å². The zero-order valence-electron chi connectivity index (χ0n) is 12.9. The molecule has 0 radical (unpaired) electrons. The fourth-order valence-corrected chi connectivity index (χ4v) is 4.12. The molecule has 2 heterocycles. The fraction of sp³-hybridized carbons (Fsp3) is 0.750. The third-order valence-corrected chi connectivity index (χ3v) is 5.47. The topological polar surface area (TPSA) is 28.4 Å². The second kappa shape index (κ2) is 7.10. The van der Waals surface area contributed by atoms with E-state index in [2.05, 4.69) is 46.9 Å². The Balaban J connectivity index is 2.39. The zero-order valence-corrected chi connectivity index (χ0v) is 14.5. The van der Waals surface area contributed by atoms with Crippen molar-refractivity contribution in [1.29, 1.82) is 0 Å². The molecule has 1 fully saturated rings. The summed E-state index contributed by atoms with van der Waals surface area (Å²) in [5.74, 6) is 1.04. The Kier molecular flexibility index (Phi) is 5.70. The number of likely N-dealkylation sites (tertiary alicyclic amines) is 1. The van der Waals surface area contributed by atoms with Crippen LogP contribution >= 0.6 is 15.9 Å². The Hall–Kier alpha value is -0.320. The van der Waals surface area contributed by atoms with E-state index in [-0.39, 0.29) is 11.6 Å². The second-order valence-electron chi connectivity index (χ2n) is 5.63. The minimum atomic E-state index is 0.146. The monoisotopic (exact) mass is 342 g/mol. The second-order valence-corrected chi connectivity index (χ2v) is 6.48. The van der Waals surface area contributed by atoms with Gasteiger partial charge >= 0.3 is 0 Å². The number of hydrogen-bond acceptors (Lipinski definition) is 3. The predicted molar refractivity (Wildman–Crippen MR) is 86.9 cm³/mol. The number of nitrogens with one attached hydrogen (secondary N) is 1. The lowest BCUT2D eigenvalue weighted by atomic mass is 9.81. The van der Waals surface area contributed by atoms with Gasteiger partial charge in [-0.25, -0.2) is 0 Å². The molecule has 0 aliphatic carbocycles. The van der Waals surface area contributed by atoms with Gasteiger partial charge in [-0.1, -0.05) is 20.8 Å². The number of halogens is 1. The van der Waals surface area contributed by atoms with Crippen LogP contribution < -0.4 is 5.32 Å². The van der Waals surface area contributed by atoms with Crippen LogP contribution in [0.2, 0.25) is 0 Å². The van der Waals surface area contributed by atoms with Crippen molar-refractivity contribution in [1.82, 2.24) is 10.2 Å². The minimum Gasteiger partial charge on any atom is -0.466 e. The van der Waals surface area contributed by atoms with Crippen LogP contribution in [0.1, 0.15) is 58.3 Å². The molecular formula is C16H27BrN2O. The first-order valence-electron chi connectivity index (χ1n) is 7.90. The number of hydrogen-bond donors (Lipinski definition) is 1. The molecule has 1 unspecified atom stereocenters. The highest BCUT2D eigenvalue weighted by Gasteiger charge is 2.44. The van der Waals surface area contributed by atoms with Gasteiger partial charge in [-0.3, -0.25) is 4.90 Å². The maximum Gasteiger partial charge on any atom is 0.136 e. The van der Waals surface area contributed by atoms with E-state index in [9.17, 15) is 0 Å². The Morgan fingerprint density at radius 2 is 1.95 bits per heavy atom. The largest absolute Gasteiger partial charge is 0.466 e. The van der Waals surface area contributed by atoms with Gasteiger partial charge in [0.25, 0.3) is 0 Å². The lowest BCUT2D eigenvalue weighted by Gasteiger charge is -2.46. The molecule has 1 atom stereocenters. The molecule has 3 nitrogen and oxygen atoms in total. The molecule has 2 rings (SSSR count). The number of nitrogens with zero attached hydrogens (tertiary/aromatic N) is 1. The minimum absolute atomic E-state index is 0.146. The first-order valence-corrected chi connectivity index (χ1v) is 8.70. The van der Waals surface area contributed by atoms with Gasteiger partial charge in [0, 0.05) is 5.54 Å². The van der Waals surface area contributed by atoms with Crippen LogP contribution in [0.5, 0.6) is 0 Å². The average Bonchev–Trinajstić information content (AvgIpc) is 3.11. The molecule has 0 amide bonds. The van der Waals surface area contributed by atoms with Crippen molar-refractivity contribution in [3.05, 3.63) is 22.6 Å². The van der Waals surface area contributed by atoms with Gasteiger partial charge in [0.1, 0.15) is 5.76 Å². The number of likely N-dealkylation sites (N-methyl/N-ethyl adjacent to an activating group) is 1. The van der Waals surface area contributed by atoms with E-state index >= 15 is 0 Å². The van der Waals surface area contributed by atoms with Crippen molar-refractivity contribution in [2.24, 2.45) is 0 Å². The predicted octanol–water partition coefficient (Wildman–Crippen LogP) is 4.35. The Morgan fingerprint density at radius 1 is 1.30 bits per heavy atom. The summed E-state index contributed by atoms with van der Waals surface area (Å²) in [4.78, 5) is 2.68. The van der Waals surface area contributed by atoms with Crippen molar-refractivity contribution in [3.8, 4) is 0 Å². The summed E-state index contributed by atoms with van der Waals surface area (Å²) in [6.45, 7) is 10.2. The normalized spacial score (nSPS) is 18.6. The van der Waals surface area contributed by atoms with Gasteiger partial charge in [-0.05, 0) is 67.3 Å². The Morgan fingerprint density at radius 3 is 2.40 bits per heavy atom. The molecule has 0 spiro atoms. The van der Waals surface area contributed by atoms with E-state index in [0.717, 1.165) is 29.6 Å². The van der Waals surface area contributed by atoms with Crippen LogP contribution in [-0.4, -0.2) is 30.1 Å². The van der Waals surface area contributed by atoms with Crippen molar-refractivity contribution in [2.45, 2.75) is 58.0 Å². The summed E-state index contributed by atoms with van der Waals surface area (Å²) >= 11 is 3.64. The Labute approximate surface area is 131 Å². The summed E-state index contributed by atoms with van der Waals surface area (Å²) in [7, 11) is 0. The highest BCUT2D eigenvalue weighted by Crippen LogP contribution is 2.41. The van der Waals surface area contributed by atoms with Gasteiger partial charge in [0.05, 0.1) is 16.8 Å². The van der Waals surface area contributed by atoms with Crippen LogP contribution in [0, 0.1) is 0 Å². The summed E-state index contributed by atoms with van der Waals surface area (Å²) < 4.78 is 6.89. The summed E-state index contributed by atoms with van der Waals surface area (Å²) in [6, 6.07) is 2.24. The van der Waals surface area contributed by atoms with Crippen molar-refractivity contribution in [2.75, 3.05) is 19.6 Å². The quantitative estimate of drug-likeness (QED) is 0.798. The molecule has 1 aromatic rings. The summed E-state index contributed by atoms with van der Waals surface area (Å²) in [5.41, 5.74) is 0.146. The number of rotatable bonds is 7. The Bertz CT molecular complexity index is 408. The van der Waals surface area contributed by atoms with Gasteiger partial charge < -0.3 is 9.73 Å². The maximum atomic E-state index is 5.81.